The molecule has 0 bridgehead atoms. The van der Waals surface area contributed by atoms with E-state index in [0.29, 0.717) is 30.0 Å². The standard InChI is InChI=1S/C15H18ClNO3/c1-3-15(14(19)20)4-5-17(9-15)13(18)11-6-10(2)7-12(16)8-11/h6-8H,3-5,9H2,1-2H3,(H,19,20). The molecule has 1 fully saturated rings. The Kier molecular flexibility index (Phi) is 4.04. The molecule has 0 aliphatic carbocycles. The van der Waals surface area contributed by atoms with E-state index in [1.54, 1.807) is 23.1 Å². The molecule has 0 radical (unpaired) electrons. The van der Waals surface area contributed by atoms with Gasteiger partial charge in [0.2, 0.25) is 0 Å². The number of likely N-dealkylation sites (tertiary alicyclic amines) is 1. The number of hydrogen-bond donors (Lipinski definition) is 1. The zero-order valence-electron chi connectivity index (χ0n) is 11.6. The second kappa shape index (κ2) is 5.44. The van der Waals surface area contributed by atoms with Gasteiger partial charge in [0.05, 0.1) is 5.41 Å². The van der Waals surface area contributed by atoms with Crippen LogP contribution in [-0.2, 0) is 4.79 Å². The lowest BCUT2D eigenvalue weighted by molar-refractivity contribution is -0.148. The number of nitrogens with zero attached hydrogens (tertiary/aromatic N) is 1. The highest BCUT2D eigenvalue weighted by atomic mass is 35.5. The molecule has 1 aromatic carbocycles. The molecule has 0 spiro atoms. The summed E-state index contributed by atoms with van der Waals surface area (Å²) in [5, 5.41) is 9.88. The Hall–Kier alpha value is -1.55. The molecule has 0 aromatic heterocycles. The lowest BCUT2D eigenvalue weighted by Gasteiger charge is -2.23. The van der Waals surface area contributed by atoms with Crippen LogP contribution in [0.2, 0.25) is 5.02 Å². The number of carbonyl (C=O) groups is 2. The average molecular weight is 296 g/mol. The minimum absolute atomic E-state index is 0.146. The van der Waals surface area contributed by atoms with Crippen LogP contribution in [0.3, 0.4) is 0 Å². The van der Waals surface area contributed by atoms with Crippen molar-refractivity contribution in [2.75, 3.05) is 13.1 Å². The Balaban J connectivity index is 2.21. The van der Waals surface area contributed by atoms with Gasteiger partial charge in [-0.25, -0.2) is 0 Å². The number of aliphatic carboxylic acids is 1. The van der Waals surface area contributed by atoms with Gasteiger partial charge in [0, 0.05) is 23.7 Å². The second-order valence-electron chi connectivity index (χ2n) is 5.43. The molecule has 108 valence electrons. The van der Waals surface area contributed by atoms with Crippen LogP contribution in [0.1, 0.15) is 35.7 Å². The summed E-state index contributed by atoms with van der Waals surface area (Å²) in [5.74, 6) is -0.968. The van der Waals surface area contributed by atoms with E-state index in [-0.39, 0.29) is 12.5 Å². The minimum atomic E-state index is -0.822. The summed E-state index contributed by atoms with van der Waals surface area (Å²) < 4.78 is 0. The summed E-state index contributed by atoms with van der Waals surface area (Å²) in [6.07, 6.45) is 1.03. The first-order valence-electron chi connectivity index (χ1n) is 6.68. The summed E-state index contributed by atoms with van der Waals surface area (Å²) in [6.45, 7) is 4.47. The molecule has 0 saturated carbocycles. The van der Waals surface area contributed by atoms with E-state index < -0.39 is 11.4 Å². The van der Waals surface area contributed by atoms with E-state index >= 15 is 0 Å². The molecule has 1 saturated heterocycles. The van der Waals surface area contributed by atoms with E-state index in [0.717, 1.165) is 5.56 Å². The molecule has 2 rings (SSSR count). The van der Waals surface area contributed by atoms with Crippen molar-refractivity contribution in [2.45, 2.75) is 26.7 Å². The second-order valence-corrected chi connectivity index (χ2v) is 5.87. The summed E-state index contributed by atoms with van der Waals surface area (Å²) in [7, 11) is 0. The van der Waals surface area contributed by atoms with Crippen molar-refractivity contribution in [3.05, 3.63) is 34.3 Å². The molecular weight excluding hydrogens is 278 g/mol. The minimum Gasteiger partial charge on any atom is -0.481 e. The lowest BCUT2D eigenvalue weighted by atomic mass is 9.84. The fourth-order valence-electron chi connectivity index (χ4n) is 2.70. The summed E-state index contributed by atoms with van der Waals surface area (Å²) >= 11 is 5.97. The van der Waals surface area contributed by atoms with Gasteiger partial charge in [0.1, 0.15) is 0 Å². The molecule has 4 nitrogen and oxygen atoms in total. The van der Waals surface area contributed by atoms with Crippen molar-refractivity contribution in [3.8, 4) is 0 Å². The highest BCUT2D eigenvalue weighted by Gasteiger charge is 2.44. The number of carbonyl (C=O) groups excluding carboxylic acids is 1. The maximum absolute atomic E-state index is 12.5. The third-order valence-corrected chi connectivity index (χ3v) is 4.28. The number of amides is 1. The molecule has 1 amide bonds. The number of halogens is 1. The molecule has 1 aliphatic heterocycles. The van der Waals surface area contributed by atoms with E-state index in [4.69, 9.17) is 11.6 Å². The van der Waals surface area contributed by atoms with E-state index in [1.807, 2.05) is 13.8 Å². The van der Waals surface area contributed by atoms with Gasteiger partial charge < -0.3 is 10.0 Å². The fraction of sp³-hybridized carbons (Fsp3) is 0.467. The molecule has 1 unspecified atom stereocenters. The summed E-state index contributed by atoms with van der Waals surface area (Å²) in [6, 6.07) is 5.19. The molecule has 1 heterocycles. The van der Waals surface area contributed by atoms with Crippen LogP contribution < -0.4 is 0 Å². The Bertz CT molecular complexity index is 538. The molecule has 20 heavy (non-hydrogen) atoms. The number of hydrogen-bond acceptors (Lipinski definition) is 2. The third kappa shape index (κ3) is 2.66. The van der Waals surface area contributed by atoms with Crippen molar-refractivity contribution in [3.63, 3.8) is 0 Å². The first kappa shape index (κ1) is 14.9. The van der Waals surface area contributed by atoms with Crippen LogP contribution in [0.4, 0.5) is 0 Å². The number of rotatable bonds is 3. The monoisotopic (exact) mass is 295 g/mol. The van der Waals surface area contributed by atoms with Gasteiger partial charge in [0.25, 0.3) is 5.91 Å². The van der Waals surface area contributed by atoms with Crippen molar-refractivity contribution < 1.29 is 14.7 Å². The molecule has 1 atom stereocenters. The van der Waals surface area contributed by atoms with Crippen molar-refractivity contribution >= 4 is 23.5 Å². The smallest absolute Gasteiger partial charge is 0.311 e. The largest absolute Gasteiger partial charge is 0.481 e. The van der Waals surface area contributed by atoms with E-state index in [9.17, 15) is 14.7 Å². The number of aryl methyl sites for hydroxylation is 1. The number of carboxylic acid groups (broad SMARTS) is 1. The van der Waals surface area contributed by atoms with Crippen molar-refractivity contribution in [2.24, 2.45) is 5.41 Å². The molecule has 1 aliphatic rings. The Morgan fingerprint density at radius 3 is 2.60 bits per heavy atom. The SMILES string of the molecule is CCC1(C(=O)O)CCN(C(=O)c2cc(C)cc(Cl)c2)C1. The normalized spacial score (nSPS) is 22.1. The van der Waals surface area contributed by atoms with Gasteiger partial charge >= 0.3 is 5.97 Å². The van der Waals surface area contributed by atoms with E-state index in [1.165, 1.54) is 0 Å². The summed E-state index contributed by atoms with van der Waals surface area (Å²) in [5.41, 5.74) is 0.635. The average Bonchev–Trinajstić information content (AvgIpc) is 2.82. The first-order valence-corrected chi connectivity index (χ1v) is 7.05. The molecule has 5 heteroatoms. The Morgan fingerprint density at radius 2 is 2.10 bits per heavy atom. The van der Waals surface area contributed by atoms with Crippen LogP contribution in [0.15, 0.2) is 18.2 Å². The maximum atomic E-state index is 12.5. The zero-order valence-corrected chi connectivity index (χ0v) is 12.4. The zero-order chi connectivity index (χ0) is 14.9. The van der Waals surface area contributed by atoms with Crippen LogP contribution in [0.25, 0.3) is 0 Å². The Morgan fingerprint density at radius 1 is 1.40 bits per heavy atom. The Labute approximate surface area is 123 Å². The molecule has 1 N–H and O–H groups in total. The van der Waals surface area contributed by atoms with Gasteiger partial charge in [-0.2, -0.15) is 0 Å². The van der Waals surface area contributed by atoms with Crippen LogP contribution in [0.5, 0.6) is 0 Å². The number of benzene rings is 1. The van der Waals surface area contributed by atoms with Crippen LogP contribution in [0, 0.1) is 12.3 Å². The van der Waals surface area contributed by atoms with Gasteiger partial charge in [-0.15, -0.1) is 0 Å². The lowest BCUT2D eigenvalue weighted by Crippen LogP contribution is -2.36. The highest BCUT2D eigenvalue weighted by Crippen LogP contribution is 2.35. The quantitative estimate of drug-likeness (QED) is 0.932. The predicted molar refractivity (Wildman–Crippen MR) is 77.1 cm³/mol. The fourth-order valence-corrected chi connectivity index (χ4v) is 2.99. The first-order chi connectivity index (χ1) is 9.38. The van der Waals surface area contributed by atoms with Crippen molar-refractivity contribution in [1.29, 1.82) is 0 Å². The van der Waals surface area contributed by atoms with Gasteiger partial charge in [0.15, 0.2) is 0 Å². The van der Waals surface area contributed by atoms with Gasteiger partial charge in [-0.3, -0.25) is 9.59 Å². The van der Waals surface area contributed by atoms with Crippen LogP contribution >= 0.6 is 11.6 Å². The maximum Gasteiger partial charge on any atom is 0.311 e. The predicted octanol–water partition coefficient (Wildman–Crippen LogP) is 2.98. The number of carboxylic acids is 1. The molecule has 1 aromatic rings. The summed E-state index contributed by atoms with van der Waals surface area (Å²) in [4.78, 5) is 25.5. The van der Waals surface area contributed by atoms with Crippen molar-refractivity contribution in [1.82, 2.24) is 4.90 Å². The molecular formula is C15H18ClNO3. The highest BCUT2D eigenvalue weighted by molar-refractivity contribution is 6.31. The van der Waals surface area contributed by atoms with E-state index in [2.05, 4.69) is 0 Å². The van der Waals surface area contributed by atoms with Gasteiger partial charge in [-0.05, 0) is 43.5 Å². The third-order valence-electron chi connectivity index (χ3n) is 4.06. The topological polar surface area (TPSA) is 57.6 Å². The van der Waals surface area contributed by atoms with Crippen LogP contribution in [-0.4, -0.2) is 35.0 Å². The van der Waals surface area contributed by atoms with Gasteiger partial charge in [-0.1, -0.05) is 18.5 Å².